The summed E-state index contributed by atoms with van der Waals surface area (Å²) in [6, 6.07) is 11.2. The van der Waals surface area contributed by atoms with Gasteiger partial charge >= 0.3 is 5.69 Å². The molecule has 0 bridgehead atoms. The molecule has 2 aromatic carbocycles. The number of halogens is 1. The van der Waals surface area contributed by atoms with Crippen LogP contribution in [0.1, 0.15) is 26.2 Å². The lowest BCUT2D eigenvalue weighted by Crippen LogP contribution is -2.41. The van der Waals surface area contributed by atoms with Crippen LogP contribution in [0.3, 0.4) is 0 Å². The Morgan fingerprint density at radius 2 is 2.00 bits per heavy atom. The van der Waals surface area contributed by atoms with Crippen molar-refractivity contribution < 1.29 is 13.2 Å². The van der Waals surface area contributed by atoms with Crippen LogP contribution in [0.4, 0.5) is 5.69 Å². The minimum absolute atomic E-state index is 0.0648. The second kappa shape index (κ2) is 9.01. The van der Waals surface area contributed by atoms with Gasteiger partial charge in [0.05, 0.1) is 21.1 Å². The molecule has 0 spiro atoms. The van der Waals surface area contributed by atoms with Crippen LogP contribution in [0.15, 0.2) is 58.4 Å². The maximum atomic E-state index is 13.2. The number of piperidine rings is 1. The van der Waals surface area contributed by atoms with Crippen LogP contribution in [0.2, 0.25) is 5.02 Å². The van der Waals surface area contributed by atoms with Gasteiger partial charge in [0.15, 0.2) is 0 Å². The monoisotopic (exact) mass is 474 g/mol. The molecule has 1 amide bonds. The number of sulfonamides is 1. The number of fused-ring (bicyclic) bond motifs is 1. The Hall–Kier alpha value is -2.75. The maximum absolute atomic E-state index is 13.2. The first-order valence-corrected chi connectivity index (χ1v) is 12.1. The molecule has 0 aliphatic carbocycles. The number of aromatic nitrogens is 2. The Labute approximate surface area is 190 Å². The molecule has 1 N–H and O–H groups in total. The highest BCUT2D eigenvalue weighted by atomic mass is 35.5. The molecular formula is C22H23ClN4O4S. The van der Waals surface area contributed by atoms with E-state index in [4.69, 9.17) is 11.6 Å². The van der Waals surface area contributed by atoms with Crippen LogP contribution in [0.5, 0.6) is 0 Å². The van der Waals surface area contributed by atoms with E-state index in [0.29, 0.717) is 28.2 Å². The van der Waals surface area contributed by atoms with Crippen LogP contribution in [0.25, 0.3) is 10.9 Å². The number of nitrogens with one attached hydrogen (secondary N) is 1. The van der Waals surface area contributed by atoms with Crippen LogP contribution >= 0.6 is 11.6 Å². The van der Waals surface area contributed by atoms with E-state index in [1.54, 1.807) is 30.3 Å². The Morgan fingerprint density at radius 3 is 2.75 bits per heavy atom. The molecular weight excluding hydrogens is 452 g/mol. The molecule has 1 aromatic heterocycles. The number of anilines is 1. The summed E-state index contributed by atoms with van der Waals surface area (Å²) in [5.74, 6) is -0.451. The number of carbonyl (C=O) groups excluding carboxylic acids is 1. The van der Waals surface area contributed by atoms with Crippen molar-refractivity contribution >= 4 is 44.1 Å². The number of hydrogen-bond acceptors (Lipinski definition) is 5. The van der Waals surface area contributed by atoms with Gasteiger partial charge in [0.2, 0.25) is 15.9 Å². The highest BCUT2D eigenvalue weighted by Crippen LogP contribution is 2.27. The van der Waals surface area contributed by atoms with E-state index in [0.717, 1.165) is 19.3 Å². The van der Waals surface area contributed by atoms with Gasteiger partial charge in [0, 0.05) is 24.2 Å². The van der Waals surface area contributed by atoms with Crippen molar-refractivity contribution in [1.82, 2.24) is 13.9 Å². The second-order valence-electron chi connectivity index (χ2n) is 7.84. The molecule has 4 rings (SSSR count). The first-order valence-electron chi connectivity index (χ1n) is 10.3. The van der Waals surface area contributed by atoms with Crippen molar-refractivity contribution in [3.05, 3.63) is 64.2 Å². The first-order chi connectivity index (χ1) is 15.3. The molecule has 0 saturated carbocycles. The molecule has 1 fully saturated rings. The van der Waals surface area contributed by atoms with Gasteiger partial charge in [-0.3, -0.25) is 9.36 Å². The molecule has 10 heteroatoms. The van der Waals surface area contributed by atoms with Gasteiger partial charge in [0.1, 0.15) is 6.54 Å². The maximum Gasteiger partial charge on any atom is 0.348 e. The lowest BCUT2D eigenvalue weighted by Gasteiger charge is -2.32. The summed E-state index contributed by atoms with van der Waals surface area (Å²) in [7, 11) is -3.67. The third-order valence-corrected chi connectivity index (χ3v) is 7.97. The zero-order valence-corrected chi connectivity index (χ0v) is 19.1. The van der Waals surface area contributed by atoms with E-state index in [-0.39, 0.29) is 17.5 Å². The first kappa shape index (κ1) is 22.4. The van der Waals surface area contributed by atoms with Gasteiger partial charge < -0.3 is 5.32 Å². The van der Waals surface area contributed by atoms with E-state index in [1.807, 2.05) is 6.92 Å². The second-order valence-corrected chi connectivity index (χ2v) is 10.1. The summed E-state index contributed by atoms with van der Waals surface area (Å²) in [4.78, 5) is 28.9. The fourth-order valence-corrected chi connectivity index (χ4v) is 5.87. The van der Waals surface area contributed by atoms with Gasteiger partial charge in [-0.2, -0.15) is 4.31 Å². The lowest BCUT2D eigenvalue weighted by molar-refractivity contribution is -0.116. The molecule has 32 heavy (non-hydrogen) atoms. The van der Waals surface area contributed by atoms with Crippen molar-refractivity contribution in [3.8, 4) is 0 Å². The molecule has 0 radical (unpaired) electrons. The molecule has 1 aliphatic heterocycles. The fraction of sp³-hybridized carbons (Fsp3) is 0.318. The minimum Gasteiger partial charge on any atom is -0.323 e. The SMILES string of the molecule is C[C@H]1CCCCN1S(=O)(=O)c1ccc2c(cnc(=O)n2CC(=O)Nc2ccccc2Cl)c1. The molecule has 1 aliphatic rings. The van der Waals surface area contributed by atoms with Crippen LogP contribution in [0, 0.1) is 0 Å². The quantitative estimate of drug-likeness (QED) is 0.611. The van der Waals surface area contributed by atoms with E-state index in [1.165, 1.54) is 27.2 Å². The van der Waals surface area contributed by atoms with Gasteiger partial charge in [-0.05, 0) is 50.1 Å². The van der Waals surface area contributed by atoms with Gasteiger partial charge in [-0.15, -0.1) is 0 Å². The minimum atomic E-state index is -3.67. The highest BCUT2D eigenvalue weighted by molar-refractivity contribution is 7.89. The van der Waals surface area contributed by atoms with E-state index in [2.05, 4.69) is 10.3 Å². The standard InChI is InChI=1S/C22H23ClN4O4S/c1-15-6-4-5-11-27(15)32(30,31)17-9-10-20-16(12-17)13-24-22(29)26(20)14-21(28)25-19-8-3-2-7-18(19)23/h2-3,7-10,12-13,15H,4-6,11,14H2,1H3,(H,25,28)/t15-/m0/s1. The summed E-state index contributed by atoms with van der Waals surface area (Å²) in [5.41, 5.74) is 0.251. The molecule has 168 valence electrons. The molecule has 0 unspecified atom stereocenters. The Morgan fingerprint density at radius 1 is 1.22 bits per heavy atom. The summed E-state index contributed by atoms with van der Waals surface area (Å²) in [5, 5.41) is 3.51. The summed E-state index contributed by atoms with van der Waals surface area (Å²) in [6.07, 6.45) is 4.00. The van der Waals surface area contributed by atoms with Crippen molar-refractivity contribution in [2.75, 3.05) is 11.9 Å². The van der Waals surface area contributed by atoms with Gasteiger partial charge in [-0.25, -0.2) is 18.2 Å². The summed E-state index contributed by atoms with van der Waals surface area (Å²) in [6.45, 7) is 2.11. The number of para-hydroxylation sites is 1. The number of nitrogens with zero attached hydrogens (tertiary/aromatic N) is 3. The smallest absolute Gasteiger partial charge is 0.323 e. The number of rotatable bonds is 5. The van der Waals surface area contributed by atoms with E-state index in [9.17, 15) is 18.0 Å². The molecule has 1 atom stereocenters. The average molecular weight is 475 g/mol. The predicted molar refractivity (Wildman–Crippen MR) is 123 cm³/mol. The predicted octanol–water partition coefficient (Wildman–Crippen LogP) is 3.25. The zero-order chi connectivity index (χ0) is 22.9. The highest BCUT2D eigenvalue weighted by Gasteiger charge is 2.31. The molecule has 2 heterocycles. The fourth-order valence-electron chi connectivity index (χ4n) is 3.95. The molecule has 8 nitrogen and oxygen atoms in total. The van der Waals surface area contributed by atoms with E-state index < -0.39 is 21.6 Å². The summed E-state index contributed by atoms with van der Waals surface area (Å²) < 4.78 is 29.1. The van der Waals surface area contributed by atoms with Gasteiger partial charge in [-0.1, -0.05) is 30.2 Å². The van der Waals surface area contributed by atoms with Crippen LogP contribution < -0.4 is 11.0 Å². The van der Waals surface area contributed by atoms with Crippen molar-refractivity contribution in [2.24, 2.45) is 0 Å². The molecule has 3 aromatic rings. The Balaban J connectivity index is 1.65. The van der Waals surface area contributed by atoms with Gasteiger partial charge in [0.25, 0.3) is 0 Å². The lowest BCUT2D eigenvalue weighted by atomic mass is 10.1. The Kier molecular flexibility index (Phi) is 6.32. The number of benzene rings is 2. The number of carbonyl (C=O) groups is 1. The third kappa shape index (κ3) is 4.41. The molecule has 1 saturated heterocycles. The largest absolute Gasteiger partial charge is 0.348 e. The Bertz CT molecular complexity index is 1340. The zero-order valence-electron chi connectivity index (χ0n) is 17.5. The van der Waals surface area contributed by atoms with Crippen molar-refractivity contribution in [2.45, 2.75) is 43.7 Å². The van der Waals surface area contributed by atoms with Crippen LogP contribution in [-0.2, 0) is 21.4 Å². The number of amides is 1. The number of hydrogen-bond donors (Lipinski definition) is 1. The topological polar surface area (TPSA) is 101 Å². The van der Waals surface area contributed by atoms with E-state index >= 15 is 0 Å². The van der Waals surface area contributed by atoms with Crippen molar-refractivity contribution in [3.63, 3.8) is 0 Å². The van der Waals surface area contributed by atoms with Crippen molar-refractivity contribution in [1.29, 1.82) is 0 Å². The van der Waals surface area contributed by atoms with Crippen LogP contribution in [-0.4, -0.2) is 40.8 Å². The average Bonchev–Trinajstić information content (AvgIpc) is 2.77. The third-order valence-electron chi connectivity index (χ3n) is 5.63. The summed E-state index contributed by atoms with van der Waals surface area (Å²) >= 11 is 6.08. The normalized spacial score (nSPS) is 17.4.